The number of likely N-dealkylation sites (N-methyl/N-ethyl adjacent to an activating group) is 1. The molecule has 1 aliphatic rings. The highest BCUT2D eigenvalue weighted by Crippen LogP contribution is 2.14. The molecule has 2 aromatic rings. The number of benzene rings is 1. The zero-order valence-electron chi connectivity index (χ0n) is 14.5. The summed E-state index contributed by atoms with van der Waals surface area (Å²) in [5, 5.41) is 0. The van der Waals surface area contributed by atoms with Crippen molar-refractivity contribution in [2.75, 3.05) is 44.7 Å². The third-order valence-corrected chi connectivity index (χ3v) is 4.48. The Labute approximate surface area is 146 Å². The van der Waals surface area contributed by atoms with Crippen LogP contribution in [0.3, 0.4) is 0 Å². The summed E-state index contributed by atoms with van der Waals surface area (Å²) in [6, 6.07) is 5.93. The van der Waals surface area contributed by atoms with Crippen molar-refractivity contribution in [3.05, 3.63) is 52.3 Å². The minimum atomic E-state index is -0.325. The van der Waals surface area contributed by atoms with Gasteiger partial charge in [-0.05, 0) is 50.7 Å². The fraction of sp³-hybridized carbons (Fsp3) is 0.444. The van der Waals surface area contributed by atoms with Crippen molar-refractivity contribution in [3.8, 4) is 5.69 Å². The SMILES string of the molecule is CN1CCN(c2nc(CCCN)cn(-c3ccc(F)cc3)c2=O)CC1. The number of piperazine rings is 1. The van der Waals surface area contributed by atoms with Gasteiger partial charge in [-0.2, -0.15) is 0 Å². The molecule has 1 aromatic carbocycles. The third-order valence-electron chi connectivity index (χ3n) is 4.48. The molecule has 0 bridgehead atoms. The quantitative estimate of drug-likeness (QED) is 0.876. The third kappa shape index (κ3) is 4.05. The van der Waals surface area contributed by atoms with E-state index in [0.29, 0.717) is 24.5 Å². The molecule has 0 saturated carbocycles. The molecule has 7 heteroatoms. The van der Waals surface area contributed by atoms with Crippen molar-refractivity contribution in [3.63, 3.8) is 0 Å². The van der Waals surface area contributed by atoms with E-state index < -0.39 is 0 Å². The number of anilines is 1. The van der Waals surface area contributed by atoms with Gasteiger partial charge in [-0.25, -0.2) is 9.37 Å². The minimum absolute atomic E-state index is 0.173. The second-order valence-corrected chi connectivity index (χ2v) is 6.39. The lowest BCUT2D eigenvalue weighted by Gasteiger charge is -2.33. The van der Waals surface area contributed by atoms with E-state index in [-0.39, 0.29) is 11.4 Å². The van der Waals surface area contributed by atoms with Crippen LogP contribution in [0.25, 0.3) is 5.69 Å². The summed E-state index contributed by atoms with van der Waals surface area (Å²) in [6.07, 6.45) is 3.25. The zero-order valence-corrected chi connectivity index (χ0v) is 14.5. The molecule has 1 fully saturated rings. The van der Waals surface area contributed by atoms with Crippen LogP contribution in [0.5, 0.6) is 0 Å². The molecule has 25 heavy (non-hydrogen) atoms. The molecule has 1 aromatic heterocycles. The molecule has 3 rings (SSSR count). The first-order valence-corrected chi connectivity index (χ1v) is 8.60. The van der Waals surface area contributed by atoms with Gasteiger partial charge in [0.05, 0.1) is 5.69 Å². The van der Waals surface area contributed by atoms with E-state index in [0.717, 1.165) is 38.3 Å². The molecular weight excluding hydrogens is 321 g/mol. The van der Waals surface area contributed by atoms with Gasteiger partial charge in [-0.3, -0.25) is 9.36 Å². The maximum atomic E-state index is 13.2. The van der Waals surface area contributed by atoms with Crippen LogP contribution < -0.4 is 16.2 Å². The molecule has 0 atom stereocenters. The standard InChI is InChI=1S/C18H24FN5O/c1-22-9-11-23(12-10-22)17-18(25)24(13-15(21-17)3-2-8-20)16-6-4-14(19)5-7-16/h4-7,13H,2-3,8-12,20H2,1H3. The average Bonchev–Trinajstić information content (AvgIpc) is 2.62. The highest BCUT2D eigenvalue weighted by Gasteiger charge is 2.20. The van der Waals surface area contributed by atoms with Crippen molar-refractivity contribution in [2.45, 2.75) is 12.8 Å². The van der Waals surface area contributed by atoms with Gasteiger partial charge in [0.1, 0.15) is 5.82 Å². The van der Waals surface area contributed by atoms with Gasteiger partial charge in [0.15, 0.2) is 5.82 Å². The fourth-order valence-electron chi connectivity index (χ4n) is 2.95. The molecule has 0 aliphatic carbocycles. The van der Waals surface area contributed by atoms with E-state index in [2.05, 4.69) is 16.9 Å². The van der Waals surface area contributed by atoms with Crippen molar-refractivity contribution >= 4 is 5.82 Å². The maximum absolute atomic E-state index is 13.2. The Hall–Kier alpha value is -2.25. The molecule has 1 aliphatic heterocycles. The number of hydrogen-bond donors (Lipinski definition) is 1. The van der Waals surface area contributed by atoms with E-state index in [1.54, 1.807) is 22.9 Å². The van der Waals surface area contributed by atoms with Crippen molar-refractivity contribution in [2.24, 2.45) is 5.73 Å². The summed E-state index contributed by atoms with van der Waals surface area (Å²) in [5.41, 5.74) is 6.90. The van der Waals surface area contributed by atoms with E-state index in [1.807, 2.05) is 4.90 Å². The second-order valence-electron chi connectivity index (χ2n) is 6.39. The Bertz CT molecular complexity index is 766. The first-order valence-electron chi connectivity index (χ1n) is 8.60. The predicted octanol–water partition coefficient (Wildman–Crippen LogP) is 1.01. The van der Waals surface area contributed by atoms with E-state index in [9.17, 15) is 9.18 Å². The summed E-state index contributed by atoms with van der Waals surface area (Å²) in [5.74, 6) is 0.139. The summed E-state index contributed by atoms with van der Waals surface area (Å²) in [6.45, 7) is 3.89. The van der Waals surface area contributed by atoms with Crippen LogP contribution in [-0.2, 0) is 6.42 Å². The molecule has 0 unspecified atom stereocenters. The van der Waals surface area contributed by atoms with Gasteiger partial charge >= 0.3 is 0 Å². The van der Waals surface area contributed by atoms with Crippen LogP contribution in [0.2, 0.25) is 0 Å². The number of aryl methyl sites for hydroxylation is 1. The van der Waals surface area contributed by atoms with E-state index >= 15 is 0 Å². The van der Waals surface area contributed by atoms with Gasteiger partial charge in [0, 0.05) is 38.1 Å². The van der Waals surface area contributed by atoms with Crippen molar-refractivity contribution in [1.82, 2.24) is 14.5 Å². The van der Waals surface area contributed by atoms with Gasteiger partial charge in [0.2, 0.25) is 0 Å². The Morgan fingerprint density at radius 3 is 2.48 bits per heavy atom. The lowest BCUT2D eigenvalue weighted by Crippen LogP contribution is -2.47. The van der Waals surface area contributed by atoms with Crippen LogP contribution in [0.1, 0.15) is 12.1 Å². The molecule has 0 amide bonds. The van der Waals surface area contributed by atoms with E-state index in [1.165, 1.54) is 12.1 Å². The highest BCUT2D eigenvalue weighted by atomic mass is 19.1. The molecule has 134 valence electrons. The second kappa shape index (κ2) is 7.76. The van der Waals surface area contributed by atoms with Crippen LogP contribution in [0, 0.1) is 5.82 Å². The fourth-order valence-corrected chi connectivity index (χ4v) is 2.95. The smallest absolute Gasteiger partial charge is 0.298 e. The van der Waals surface area contributed by atoms with Crippen LogP contribution >= 0.6 is 0 Å². The van der Waals surface area contributed by atoms with Gasteiger partial charge in [0.25, 0.3) is 5.56 Å². The van der Waals surface area contributed by atoms with Gasteiger partial charge in [-0.15, -0.1) is 0 Å². The highest BCUT2D eigenvalue weighted by molar-refractivity contribution is 5.42. The normalized spacial score (nSPS) is 15.6. The molecule has 0 radical (unpaired) electrons. The van der Waals surface area contributed by atoms with Gasteiger partial charge in [-0.1, -0.05) is 0 Å². The summed E-state index contributed by atoms with van der Waals surface area (Å²) >= 11 is 0. The van der Waals surface area contributed by atoms with Crippen LogP contribution in [0.4, 0.5) is 10.2 Å². The maximum Gasteiger partial charge on any atom is 0.298 e. The number of halogens is 1. The molecule has 2 heterocycles. The first kappa shape index (κ1) is 17.6. The lowest BCUT2D eigenvalue weighted by atomic mass is 10.2. The number of nitrogens with zero attached hydrogens (tertiary/aromatic N) is 4. The predicted molar refractivity (Wildman–Crippen MR) is 96.9 cm³/mol. The molecule has 0 spiro atoms. The molecular formula is C18H24FN5O. The number of rotatable bonds is 5. The molecule has 6 nitrogen and oxygen atoms in total. The van der Waals surface area contributed by atoms with E-state index in [4.69, 9.17) is 5.73 Å². The Morgan fingerprint density at radius 1 is 1.16 bits per heavy atom. The average molecular weight is 345 g/mol. The Morgan fingerprint density at radius 2 is 1.84 bits per heavy atom. The number of hydrogen-bond acceptors (Lipinski definition) is 5. The van der Waals surface area contributed by atoms with Crippen LogP contribution in [-0.4, -0.2) is 54.2 Å². The molecule has 2 N–H and O–H groups in total. The van der Waals surface area contributed by atoms with Crippen LogP contribution in [0.15, 0.2) is 35.3 Å². The van der Waals surface area contributed by atoms with Gasteiger partial charge < -0.3 is 15.5 Å². The Kier molecular flexibility index (Phi) is 5.45. The monoisotopic (exact) mass is 345 g/mol. The molecule has 1 saturated heterocycles. The topological polar surface area (TPSA) is 67.4 Å². The minimum Gasteiger partial charge on any atom is -0.349 e. The zero-order chi connectivity index (χ0) is 17.8. The lowest BCUT2D eigenvalue weighted by molar-refractivity contribution is 0.311. The summed E-state index contributed by atoms with van der Waals surface area (Å²) < 4.78 is 14.8. The summed E-state index contributed by atoms with van der Waals surface area (Å²) in [7, 11) is 2.07. The van der Waals surface area contributed by atoms with Crippen molar-refractivity contribution < 1.29 is 4.39 Å². The number of aromatic nitrogens is 2. The van der Waals surface area contributed by atoms with Crippen molar-refractivity contribution in [1.29, 1.82) is 0 Å². The largest absolute Gasteiger partial charge is 0.349 e. The first-order chi connectivity index (χ1) is 12.1. The Balaban J connectivity index is 2.02. The number of nitrogens with two attached hydrogens (primary N) is 1. The summed E-state index contributed by atoms with van der Waals surface area (Å²) in [4.78, 5) is 21.9.